The first-order chi connectivity index (χ1) is 9.49. The van der Waals surface area contributed by atoms with E-state index >= 15 is 0 Å². The van der Waals surface area contributed by atoms with Crippen LogP contribution in [0.4, 0.5) is 0 Å². The van der Waals surface area contributed by atoms with Crippen molar-refractivity contribution in [1.29, 1.82) is 0 Å². The van der Waals surface area contributed by atoms with Crippen LogP contribution in [-0.4, -0.2) is 28.9 Å². The van der Waals surface area contributed by atoms with Gasteiger partial charge in [0.1, 0.15) is 0 Å². The van der Waals surface area contributed by atoms with E-state index in [1.807, 2.05) is 13.8 Å². The number of nitrogens with one attached hydrogen (secondary N) is 1. The van der Waals surface area contributed by atoms with Crippen molar-refractivity contribution in [2.75, 3.05) is 12.4 Å². The maximum atomic E-state index is 11.9. The Morgan fingerprint density at radius 1 is 1.35 bits per heavy atom. The van der Waals surface area contributed by atoms with Gasteiger partial charge in [-0.25, -0.2) is 0 Å². The largest absolute Gasteiger partial charge is 0.396 e. The van der Waals surface area contributed by atoms with Crippen LogP contribution in [0.25, 0.3) is 0 Å². The number of benzene rings is 1. The average Bonchev–Trinajstić information content (AvgIpc) is 2.41. The highest BCUT2D eigenvalue weighted by molar-refractivity contribution is 7.99. The van der Waals surface area contributed by atoms with Crippen molar-refractivity contribution >= 4 is 17.7 Å². The standard InChI is InChI=1S/C16H25NO2S/c1-4-16(3,10-11-18)17-15(19)9-12-20-14-7-5-13(2)6-8-14/h5-8,18H,4,9-12H2,1-3H3,(H,17,19). The molecule has 0 heterocycles. The first kappa shape index (κ1) is 17.1. The van der Waals surface area contributed by atoms with Gasteiger partial charge in [-0.15, -0.1) is 11.8 Å². The van der Waals surface area contributed by atoms with Gasteiger partial charge in [0.15, 0.2) is 0 Å². The lowest BCUT2D eigenvalue weighted by molar-refractivity contribution is -0.122. The smallest absolute Gasteiger partial charge is 0.221 e. The molecule has 0 saturated heterocycles. The fourth-order valence-electron chi connectivity index (χ4n) is 1.87. The van der Waals surface area contributed by atoms with Crippen molar-refractivity contribution in [3.63, 3.8) is 0 Å². The van der Waals surface area contributed by atoms with E-state index < -0.39 is 0 Å². The summed E-state index contributed by atoms with van der Waals surface area (Å²) in [7, 11) is 0. The molecule has 1 rings (SSSR count). The topological polar surface area (TPSA) is 49.3 Å². The van der Waals surface area contributed by atoms with Crippen molar-refractivity contribution in [3.8, 4) is 0 Å². The molecule has 1 amide bonds. The van der Waals surface area contributed by atoms with Crippen LogP contribution in [0.2, 0.25) is 0 Å². The molecule has 20 heavy (non-hydrogen) atoms. The maximum absolute atomic E-state index is 11.9. The summed E-state index contributed by atoms with van der Waals surface area (Å²) in [5.41, 5.74) is 0.954. The Morgan fingerprint density at radius 2 is 2.00 bits per heavy atom. The van der Waals surface area contributed by atoms with Crippen LogP contribution in [0.3, 0.4) is 0 Å². The van der Waals surface area contributed by atoms with Gasteiger partial charge in [0, 0.05) is 29.2 Å². The fraction of sp³-hybridized carbons (Fsp3) is 0.562. The Balaban J connectivity index is 2.34. The quantitative estimate of drug-likeness (QED) is 0.724. The Kier molecular flexibility index (Phi) is 7.10. The number of aliphatic hydroxyl groups excluding tert-OH is 1. The van der Waals surface area contributed by atoms with E-state index in [1.54, 1.807) is 11.8 Å². The minimum atomic E-state index is -0.291. The minimum absolute atomic E-state index is 0.0578. The van der Waals surface area contributed by atoms with Crippen LogP contribution in [0.1, 0.15) is 38.7 Å². The predicted octanol–water partition coefficient (Wildman–Crippen LogP) is 3.14. The molecule has 1 unspecified atom stereocenters. The van der Waals surface area contributed by atoms with Gasteiger partial charge in [0.2, 0.25) is 5.91 Å². The first-order valence-electron chi connectivity index (χ1n) is 7.10. The molecule has 4 heteroatoms. The summed E-state index contributed by atoms with van der Waals surface area (Å²) in [5.74, 6) is 0.829. The highest BCUT2D eigenvalue weighted by atomic mass is 32.2. The van der Waals surface area contributed by atoms with Gasteiger partial charge in [-0.2, -0.15) is 0 Å². The van der Waals surface area contributed by atoms with Crippen molar-refractivity contribution in [3.05, 3.63) is 29.8 Å². The highest BCUT2D eigenvalue weighted by Gasteiger charge is 2.23. The number of amides is 1. The Labute approximate surface area is 126 Å². The number of carbonyl (C=O) groups is 1. The lowest BCUT2D eigenvalue weighted by Gasteiger charge is -2.29. The van der Waals surface area contributed by atoms with Crippen LogP contribution in [0.15, 0.2) is 29.2 Å². The van der Waals surface area contributed by atoms with E-state index in [1.165, 1.54) is 10.5 Å². The molecule has 0 fully saturated rings. The number of hydrogen-bond acceptors (Lipinski definition) is 3. The number of carbonyl (C=O) groups excluding carboxylic acids is 1. The summed E-state index contributed by atoms with van der Waals surface area (Å²) in [5, 5.41) is 12.1. The minimum Gasteiger partial charge on any atom is -0.396 e. The highest BCUT2D eigenvalue weighted by Crippen LogP contribution is 2.19. The molecule has 0 bridgehead atoms. The fourth-order valence-corrected chi connectivity index (χ4v) is 2.72. The molecule has 0 saturated carbocycles. The summed E-state index contributed by atoms with van der Waals surface area (Å²) in [6, 6.07) is 8.33. The second kappa shape index (κ2) is 8.32. The maximum Gasteiger partial charge on any atom is 0.221 e. The van der Waals surface area contributed by atoms with E-state index in [-0.39, 0.29) is 18.1 Å². The molecule has 3 nitrogen and oxygen atoms in total. The monoisotopic (exact) mass is 295 g/mol. The molecule has 0 spiro atoms. The van der Waals surface area contributed by atoms with Crippen molar-refractivity contribution < 1.29 is 9.90 Å². The van der Waals surface area contributed by atoms with Crippen molar-refractivity contribution in [2.45, 2.75) is 50.5 Å². The molecule has 0 aliphatic carbocycles. The van der Waals surface area contributed by atoms with Crippen LogP contribution in [0, 0.1) is 6.92 Å². The van der Waals surface area contributed by atoms with E-state index in [0.717, 1.165) is 12.2 Å². The van der Waals surface area contributed by atoms with Gasteiger partial charge < -0.3 is 10.4 Å². The lowest BCUT2D eigenvalue weighted by atomic mass is 9.95. The number of aryl methyl sites for hydroxylation is 1. The molecule has 0 aromatic heterocycles. The zero-order valence-electron chi connectivity index (χ0n) is 12.6. The van der Waals surface area contributed by atoms with Gasteiger partial charge in [0.05, 0.1) is 0 Å². The molecule has 2 N–H and O–H groups in total. The van der Waals surface area contributed by atoms with Gasteiger partial charge in [-0.3, -0.25) is 4.79 Å². The summed E-state index contributed by atoms with van der Waals surface area (Å²) in [4.78, 5) is 13.1. The van der Waals surface area contributed by atoms with Gasteiger partial charge >= 0.3 is 0 Å². The molecule has 1 aromatic carbocycles. The summed E-state index contributed by atoms with van der Waals surface area (Å²) >= 11 is 1.69. The third-order valence-electron chi connectivity index (χ3n) is 3.50. The van der Waals surface area contributed by atoms with Gasteiger partial charge in [-0.1, -0.05) is 24.6 Å². The summed E-state index contributed by atoms with van der Waals surface area (Å²) in [6.07, 6.45) is 1.92. The number of hydrogen-bond donors (Lipinski definition) is 2. The van der Waals surface area contributed by atoms with E-state index in [2.05, 4.69) is 36.5 Å². The molecule has 1 atom stereocenters. The molecule has 0 radical (unpaired) electrons. The Morgan fingerprint density at radius 3 is 2.55 bits per heavy atom. The van der Waals surface area contributed by atoms with Crippen LogP contribution in [-0.2, 0) is 4.79 Å². The molecule has 112 valence electrons. The zero-order chi connectivity index (χ0) is 15.0. The van der Waals surface area contributed by atoms with E-state index in [0.29, 0.717) is 12.8 Å². The second-order valence-corrected chi connectivity index (χ2v) is 6.52. The van der Waals surface area contributed by atoms with Gasteiger partial charge in [0.25, 0.3) is 0 Å². The lowest BCUT2D eigenvalue weighted by Crippen LogP contribution is -2.46. The molecular weight excluding hydrogens is 270 g/mol. The average molecular weight is 295 g/mol. The zero-order valence-corrected chi connectivity index (χ0v) is 13.4. The van der Waals surface area contributed by atoms with E-state index in [4.69, 9.17) is 5.11 Å². The Bertz CT molecular complexity index is 419. The summed E-state index contributed by atoms with van der Waals surface area (Å²) < 4.78 is 0. The Hall–Kier alpha value is -1.00. The van der Waals surface area contributed by atoms with E-state index in [9.17, 15) is 4.79 Å². The summed E-state index contributed by atoms with van der Waals surface area (Å²) in [6.45, 7) is 6.17. The number of thioether (sulfide) groups is 1. The second-order valence-electron chi connectivity index (χ2n) is 5.35. The normalized spacial score (nSPS) is 13.8. The molecule has 1 aromatic rings. The third kappa shape index (κ3) is 5.97. The SMILES string of the molecule is CCC(C)(CCO)NC(=O)CCSc1ccc(C)cc1. The molecular formula is C16H25NO2S. The van der Waals surface area contributed by atoms with Crippen LogP contribution in [0.5, 0.6) is 0 Å². The van der Waals surface area contributed by atoms with Crippen LogP contribution < -0.4 is 5.32 Å². The van der Waals surface area contributed by atoms with Crippen molar-refractivity contribution in [2.24, 2.45) is 0 Å². The predicted molar refractivity (Wildman–Crippen MR) is 85.1 cm³/mol. The molecule has 0 aliphatic heterocycles. The van der Waals surface area contributed by atoms with Crippen molar-refractivity contribution in [1.82, 2.24) is 5.32 Å². The first-order valence-corrected chi connectivity index (χ1v) is 8.09. The van der Waals surface area contributed by atoms with Gasteiger partial charge in [-0.05, 0) is 38.8 Å². The number of rotatable bonds is 8. The molecule has 0 aliphatic rings. The van der Waals surface area contributed by atoms with Crippen LogP contribution >= 0.6 is 11.8 Å². The third-order valence-corrected chi connectivity index (χ3v) is 4.52. The number of aliphatic hydroxyl groups is 1.